The molecule has 0 radical (unpaired) electrons. The van der Waals surface area contributed by atoms with E-state index < -0.39 is 10.8 Å². The topological polar surface area (TPSA) is 182 Å². The minimum atomic E-state index is -1.14. The molecule has 0 bridgehead atoms. The summed E-state index contributed by atoms with van der Waals surface area (Å²) in [5, 5.41) is 17.4. The molecule has 5 fully saturated rings. The van der Waals surface area contributed by atoms with Crippen LogP contribution in [0, 0.1) is 5.92 Å². The second kappa shape index (κ2) is 26.4. The Labute approximate surface area is 425 Å². The molecule has 11 rings (SSSR count). The van der Waals surface area contributed by atoms with Crippen LogP contribution in [-0.4, -0.2) is 192 Å². The van der Waals surface area contributed by atoms with Crippen molar-refractivity contribution in [2.24, 2.45) is 5.92 Å². The Morgan fingerprint density at radius 3 is 1.86 bits per heavy atom. The van der Waals surface area contributed by atoms with Crippen molar-refractivity contribution in [2.45, 2.75) is 80.1 Å². The van der Waals surface area contributed by atoms with Gasteiger partial charge in [-0.1, -0.05) is 56.5 Å². The smallest absolute Gasteiger partial charge is 0.272 e. The van der Waals surface area contributed by atoms with Gasteiger partial charge in [0.1, 0.15) is 17.1 Å². The average Bonchev–Trinajstić information content (AvgIpc) is 4.05. The number of aromatic amines is 2. The van der Waals surface area contributed by atoms with E-state index in [4.69, 9.17) is 14.2 Å². The Bertz CT molecular complexity index is 2400. The molecule has 2 aromatic heterocycles. The lowest BCUT2D eigenvalue weighted by atomic mass is 9.97. The van der Waals surface area contributed by atoms with Crippen LogP contribution >= 0.6 is 11.8 Å². The fourth-order valence-electron chi connectivity index (χ4n) is 10.0. The van der Waals surface area contributed by atoms with Crippen LogP contribution in [0.4, 0.5) is 0 Å². The van der Waals surface area contributed by atoms with Gasteiger partial charge in [-0.15, -0.1) is 11.8 Å². The standard InChI is InChI=1S/C16H17N3O3S.C15H15N3O3S.C12H24N2.C9H18N2O/c1-21-12-4-2-3-10-13-11(9-23-15(10)12)14(18-17-13)16(20)19-5-7-22-8-6-19;19-15(18-5-7-21-8-6-18)14-11-9-22(20)12-4-2-1-3-10(12)13(11)16-17-14;1-2-12-10-14(11-12)9-8-13-6-4-3-5-7-13;1-9(12)10-5-8-11-6-3-2-4-7-11/h2-4H,5-9H2,1H3,(H,17,18);1-4H,5-9H2,(H,16,17);12H,2-11H2,1H3;2-8H2,1H3,(H,10,12). The minimum absolute atomic E-state index is 0.00833. The number of nitrogens with one attached hydrogen (secondary N) is 3. The van der Waals surface area contributed by atoms with E-state index in [0.717, 1.165) is 68.2 Å². The number of carbonyl (C=O) groups excluding carboxylic acids is 3. The number of thioether (sulfide) groups is 1. The van der Waals surface area contributed by atoms with Crippen LogP contribution in [0.5, 0.6) is 5.75 Å². The number of ether oxygens (including phenoxy) is 3. The lowest BCUT2D eigenvalue weighted by molar-refractivity contribution is -0.119. The quantitative estimate of drug-likeness (QED) is 0.175. The average molecular weight is 1020 g/mol. The number of likely N-dealkylation sites (tertiary alicyclic amines) is 3. The van der Waals surface area contributed by atoms with E-state index in [1.54, 1.807) is 30.7 Å². The number of methoxy groups -OCH3 is 1. The van der Waals surface area contributed by atoms with Crippen molar-refractivity contribution in [1.29, 1.82) is 0 Å². The van der Waals surface area contributed by atoms with Crippen LogP contribution in [0.1, 0.15) is 90.9 Å². The number of amides is 3. The van der Waals surface area contributed by atoms with E-state index in [9.17, 15) is 18.6 Å². The molecule has 17 nitrogen and oxygen atoms in total. The third-order valence-corrected chi connectivity index (χ3v) is 16.8. The summed E-state index contributed by atoms with van der Waals surface area (Å²) in [5.74, 6) is 2.90. The number of benzene rings is 2. The molecule has 19 heteroatoms. The molecule has 0 spiro atoms. The summed E-state index contributed by atoms with van der Waals surface area (Å²) in [6.45, 7) is 20.9. The number of H-pyrrole nitrogens is 2. The predicted molar refractivity (Wildman–Crippen MR) is 277 cm³/mol. The highest BCUT2D eigenvalue weighted by Gasteiger charge is 2.33. The van der Waals surface area contributed by atoms with E-state index in [1.807, 2.05) is 47.4 Å². The minimum Gasteiger partial charge on any atom is -0.496 e. The van der Waals surface area contributed by atoms with Gasteiger partial charge in [0.2, 0.25) is 5.91 Å². The summed E-state index contributed by atoms with van der Waals surface area (Å²) in [4.78, 5) is 49.1. The van der Waals surface area contributed by atoms with Crippen molar-refractivity contribution in [1.82, 2.24) is 50.2 Å². The fraction of sp³-hybridized carbons (Fsp3) is 0.596. The normalized spacial score (nSPS) is 20.1. The number of morpholine rings is 2. The van der Waals surface area contributed by atoms with Gasteiger partial charge >= 0.3 is 0 Å². The molecular weight excluding hydrogens is 941 g/mol. The Kier molecular flexibility index (Phi) is 19.6. The van der Waals surface area contributed by atoms with Crippen LogP contribution in [0.25, 0.3) is 22.5 Å². The van der Waals surface area contributed by atoms with E-state index in [1.165, 1.54) is 97.3 Å². The van der Waals surface area contributed by atoms with Gasteiger partial charge in [-0.2, -0.15) is 10.2 Å². The molecule has 71 heavy (non-hydrogen) atoms. The molecule has 386 valence electrons. The number of rotatable bonds is 10. The molecule has 4 aromatic rings. The van der Waals surface area contributed by atoms with Gasteiger partial charge in [0, 0.05) is 105 Å². The Hall–Kier alpha value is -4.63. The van der Waals surface area contributed by atoms with Crippen LogP contribution in [0.3, 0.4) is 0 Å². The van der Waals surface area contributed by atoms with Crippen molar-refractivity contribution >= 4 is 40.3 Å². The second-order valence-corrected chi connectivity index (χ2v) is 21.5. The number of fused-ring (bicyclic) bond motifs is 6. The second-order valence-electron chi connectivity index (χ2n) is 19.1. The van der Waals surface area contributed by atoms with Gasteiger partial charge < -0.3 is 44.0 Å². The summed E-state index contributed by atoms with van der Waals surface area (Å²) < 4.78 is 28.4. The van der Waals surface area contributed by atoms with Crippen LogP contribution in [0.2, 0.25) is 0 Å². The van der Waals surface area contributed by atoms with Crippen LogP contribution in [-0.2, 0) is 36.6 Å². The summed E-state index contributed by atoms with van der Waals surface area (Å²) in [6, 6.07) is 13.4. The van der Waals surface area contributed by atoms with E-state index in [-0.39, 0.29) is 17.7 Å². The first kappa shape index (κ1) is 52.7. The Morgan fingerprint density at radius 1 is 0.718 bits per heavy atom. The largest absolute Gasteiger partial charge is 0.496 e. The maximum Gasteiger partial charge on any atom is 0.272 e. The highest BCUT2D eigenvalue weighted by atomic mass is 32.2. The molecule has 0 saturated carbocycles. The van der Waals surface area contributed by atoms with Gasteiger partial charge in [-0.05, 0) is 69.9 Å². The SMILES string of the molecule is CC(=O)NCCN1CCCCC1.CCC1CN(CCN2CCCCC2)C1.COc1cccc2c1SCc1c-2n[nH]c1C(=O)N1CCOCC1.O=C(c1[nH]nc2c1CS(=O)c1ccccc1-2)N1CCOCC1. The summed E-state index contributed by atoms with van der Waals surface area (Å²) in [6.07, 6.45) is 9.70. The predicted octanol–water partition coefficient (Wildman–Crippen LogP) is 5.76. The first-order valence-corrected chi connectivity index (χ1v) is 28.1. The Balaban J connectivity index is 0.000000132. The van der Waals surface area contributed by atoms with Gasteiger partial charge in [-0.3, -0.25) is 28.8 Å². The first-order valence-electron chi connectivity index (χ1n) is 25.8. The molecule has 1 atom stereocenters. The molecule has 1 unspecified atom stereocenters. The van der Waals surface area contributed by atoms with E-state index >= 15 is 0 Å². The number of carbonyl (C=O) groups is 3. The van der Waals surface area contributed by atoms with Crippen molar-refractivity contribution in [3.8, 4) is 28.3 Å². The lowest BCUT2D eigenvalue weighted by Crippen LogP contribution is -2.49. The molecular formula is C52H74N10O7S2. The zero-order chi connectivity index (χ0) is 49.5. The Morgan fingerprint density at radius 2 is 1.27 bits per heavy atom. The highest BCUT2D eigenvalue weighted by molar-refractivity contribution is 7.98. The van der Waals surface area contributed by atoms with Gasteiger partial charge in [0.05, 0.1) is 66.4 Å². The van der Waals surface area contributed by atoms with Crippen molar-refractivity contribution in [3.63, 3.8) is 0 Å². The number of piperidine rings is 2. The fourth-order valence-corrected chi connectivity index (χ4v) is 12.6. The lowest BCUT2D eigenvalue weighted by Gasteiger charge is -2.40. The number of aromatic nitrogens is 4. The number of nitrogens with zero attached hydrogens (tertiary/aromatic N) is 7. The highest BCUT2D eigenvalue weighted by Crippen LogP contribution is 2.46. The first-order chi connectivity index (χ1) is 34.7. The van der Waals surface area contributed by atoms with Crippen molar-refractivity contribution < 1.29 is 32.8 Å². The monoisotopic (exact) mass is 1010 g/mol. The molecule has 5 saturated heterocycles. The van der Waals surface area contributed by atoms with Crippen LogP contribution < -0.4 is 10.1 Å². The van der Waals surface area contributed by atoms with Gasteiger partial charge in [0.25, 0.3) is 11.8 Å². The molecule has 7 aliphatic rings. The van der Waals surface area contributed by atoms with Crippen molar-refractivity contribution in [2.75, 3.05) is 125 Å². The molecule has 3 amide bonds. The maximum atomic E-state index is 12.7. The molecule has 9 heterocycles. The number of hydrogen-bond donors (Lipinski definition) is 3. The van der Waals surface area contributed by atoms with Crippen LogP contribution in [0.15, 0.2) is 52.3 Å². The zero-order valence-corrected chi connectivity index (χ0v) is 43.6. The number of hydrogen-bond acceptors (Lipinski definition) is 13. The molecule has 2 aromatic carbocycles. The summed E-state index contributed by atoms with van der Waals surface area (Å²) in [5.41, 5.74) is 6.26. The summed E-state index contributed by atoms with van der Waals surface area (Å²) >= 11 is 1.69. The molecule has 3 N–H and O–H groups in total. The van der Waals surface area contributed by atoms with E-state index in [2.05, 4.69) is 47.3 Å². The maximum absolute atomic E-state index is 12.7. The summed E-state index contributed by atoms with van der Waals surface area (Å²) in [7, 11) is 0.528. The van der Waals surface area contributed by atoms with Gasteiger partial charge in [0.15, 0.2) is 0 Å². The zero-order valence-electron chi connectivity index (χ0n) is 42.0. The van der Waals surface area contributed by atoms with Crippen molar-refractivity contribution in [3.05, 3.63) is 65.0 Å². The van der Waals surface area contributed by atoms with E-state index in [0.29, 0.717) is 75.5 Å². The van der Waals surface area contributed by atoms with Gasteiger partial charge in [-0.25, -0.2) is 0 Å². The third-order valence-electron chi connectivity index (χ3n) is 14.3. The molecule has 7 aliphatic heterocycles. The third kappa shape index (κ3) is 13.7. The molecule has 0 aliphatic carbocycles.